The molecule has 2 N–H and O–H groups in total. The minimum Gasteiger partial charge on any atom is -0.356 e. The maximum Gasteiger partial charge on any atom is 0.267 e. The van der Waals surface area contributed by atoms with E-state index in [0.29, 0.717) is 12.2 Å². The maximum atomic E-state index is 12.2. The van der Waals surface area contributed by atoms with Gasteiger partial charge in [0, 0.05) is 28.2 Å². The number of benzene rings is 2. The highest BCUT2D eigenvalue weighted by atomic mass is 79.9. The highest BCUT2D eigenvalue weighted by molar-refractivity contribution is 9.10. The number of carbonyl (C=O) groups excluding carboxylic acids is 1. The number of imidazole rings is 1. The van der Waals surface area contributed by atoms with Crippen LogP contribution in [0.1, 0.15) is 21.6 Å². The molecule has 0 radical (unpaired) electrons. The number of carbonyl (C=O) groups is 1. The molecule has 0 fully saturated rings. The number of halogens is 2. The molecule has 2 aromatic heterocycles. The summed E-state index contributed by atoms with van der Waals surface area (Å²) in [6, 6.07) is 16.0. The summed E-state index contributed by atoms with van der Waals surface area (Å²) < 4.78 is 4.01. The van der Waals surface area contributed by atoms with Crippen molar-refractivity contribution in [1.29, 1.82) is 0 Å². The van der Waals surface area contributed by atoms with Crippen LogP contribution in [0, 0.1) is 0 Å². The van der Waals surface area contributed by atoms with Crippen LogP contribution in [-0.4, -0.2) is 20.4 Å². The van der Waals surface area contributed by atoms with Crippen molar-refractivity contribution in [2.75, 3.05) is 0 Å². The zero-order chi connectivity index (χ0) is 18.8. The van der Waals surface area contributed by atoms with Crippen LogP contribution in [0.4, 0.5) is 0 Å². The minimum atomic E-state index is -0.128. The van der Waals surface area contributed by atoms with Crippen molar-refractivity contribution in [1.82, 2.24) is 19.9 Å². The number of H-pyrrole nitrogens is 1. The zero-order valence-electron chi connectivity index (χ0n) is 14.2. The molecule has 4 rings (SSSR count). The average Bonchev–Trinajstić information content (AvgIpc) is 3.27. The first-order chi connectivity index (χ1) is 13.1. The molecule has 0 aliphatic heterocycles. The Morgan fingerprint density at radius 1 is 1.07 bits per heavy atom. The van der Waals surface area contributed by atoms with Gasteiger partial charge in [-0.05, 0) is 51.3 Å². The summed E-state index contributed by atoms with van der Waals surface area (Å²) >= 11 is 6.85. The number of rotatable bonds is 5. The highest BCUT2D eigenvalue weighted by Crippen LogP contribution is 2.20. The van der Waals surface area contributed by atoms with Crippen LogP contribution < -0.4 is 5.32 Å². The Labute approximate surface area is 173 Å². The van der Waals surface area contributed by atoms with Crippen LogP contribution in [0.5, 0.6) is 0 Å². The molecule has 0 saturated heterocycles. The predicted molar refractivity (Wildman–Crippen MR) is 113 cm³/mol. The van der Waals surface area contributed by atoms with Gasteiger partial charge in [-0.3, -0.25) is 4.79 Å². The lowest BCUT2D eigenvalue weighted by Crippen LogP contribution is -2.23. The van der Waals surface area contributed by atoms with Gasteiger partial charge >= 0.3 is 0 Å². The van der Waals surface area contributed by atoms with Crippen LogP contribution in [0.3, 0.4) is 0 Å². The number of fused-ring (bicyclic) bond motifs is 1. The van der Waals surface area contributed by atoms with Crippen molar-refractivity contribution in [3.63, 3.8) is 0 Å². The van der Waals surface area contributed by atoms with E-state index in [9.17, 15) is 4.79 Å². The Bertz CT molecular complexity index is 1120. The first-order valence-corrected chi connectivity index (χ1v) is 9.97. The first-order valence-electron chi connectivity index (χ1n) is 8.39. The molecule has 27 heavy (non-hydrogen) atoms. The molecule has 1 amide bonds. The molecule has 0 atom stereocenters. The summed E-state index contributed by atoms with van der Waals surface area (Å²) in [5.74, 6) is -0.128. The fraction of sp³-hybridized carbons (Fsp3) is 0.100. The smallest absolute Gasteiger partial charge is 0.267 e. The van der Waals surface area contributed by atoms with Crippen LogP contribution in [0.25, 0.3) is 11.0 Å². The molecule has 2 aromatic carbocycles. The molecule has 2 heterocycles. The molecule has 0 spiro atoms. The van der Waals surface area contributed by atoms with Crippen LogP contribution >= 0.6 is 31.9 Å². The van der Waals surface area contributed by atoms with E-state index in [2.05, 4.69) is 69.9 Å². The summed E-state index contributed by atoms with van der Waals surface area (Å²) in [6.07, 6.45) is 3.60. The summed E-state index contributed by atoms with van der Waals surface area (Å²) in [5.41, 5.74) is 4.80. The Morgan fingerprint density at radius 3 is 2.74 bits per heavy atom. The molecular weight excluding hydrogens is 472 g/mol. The lowest BCUT2D eigenvalue weighted by atomic mass is 10.1. The zero-order valence-corrected chi connectivity index (χ0v) is 17.4. The van der Waals surface area contributed by atoms with E-state index >= 15 is 0 Å². The second kappa shape index (κ2) is 7.70. The van der Waals surface area contributed by atoms with E-state index in [4.69, 9.17) is 0 Å². The average molecular weight is 488 g/mol. The van der Waals surface area contributed by atoms with Crippen LogP contribution in [-0.2, 0) is 13.1 Å². The highest BCUT2D eigenvalue weighted by Gasteiger charge is 2.08. The lowest BCUT2D eigenvalue weighted by Gasteiger charge is -2.08. The van der Waals surface area contributed by atoms with Crippen LogP contribution in [0.2, 0.25) is 0 Å². The fourth-order valence-electron chi connectivity index (χ4n) is 2.97. The molecule has 0 saturated carbocycles. The predicted octanol–water partition coefficient (Wildman–Crippen LogP) is 4.87. The molecule has 4 aromatic rings. The Kier molecular flexibility index (Phi) is 5.13. The molecule has 136 valence electrons. The Morgan fingerprint density at radius 2 is 1.93 bits per heavy atom. The normalized spacial score (nSPS) is 11.0. The van der Waals surface area contributed by atoms with E-state index in [1.807, 2.05) is 30.6 Å². The fourth-order valence-corrected chi connectivity index (χ4v) is 3.66. The second-order valence-corrected chi connectivity index (χ2v) is 8.07. The first kappa shape index (κ1) is 18.0. The van der Waals surface area contributed by atoms with Gasteiger partial charge in [-0.15, -0.1) is 0 Å². The lowest BCUT2D eigenvalue weighted by molar-refractivity contribution is 0.0946. The van der Waals surface area contributed by atoms with Crippen molar-refractivity contribution in [3.05, 3.63) is 86.8 Å². The van der Waals surface area contributed by atoms with Gasteiger partial charge in [-0.25, -0.2) is 4.98 Å². The molecule has 0 bridgehead atoms. The number of aromatic amines is 1. The topological polar surface area (TPSA) is 62.7 Å². The maximum absolute atomic E-state index is 12.2. The van der Waals surface area contributed by atoms with Gasteiger partial charge < -0.3 is 14.9 Å². The number of nitrogens with one attached hydrogen (secondary N) is 2. The Hall–Kier alpha value is -2.38. The van der Waals surface area contributed by atoms with Crippen molar-refractivity contribution in [2.24, 2.45) is 0 Å². The Balaban J connectivity index is 1.47. The van der Waals surface area contributed by atoms with Gasteiger partial charge in [-0.2, -0.15) is 0 Å². The van der Waals surface area contributed by atoms with Crippen molar-refractivity contribution < 1.29 is 4.79 Å². The number of hydrogen-bond donors (Lipinski definition) is 2. The second-order valence-electron chi connectivity index (χ2n) is 6.24. The van der Waals surface area contributed by atoms with Gasteiger partial charge in [-0.1, -0.05) is 40.2 Å². The number of hydrogen-bond acceptors (Lipinski definition) is 2. The third-order valence-corrected chi connectivity index (χ3v) is 5.22. The number of aromatic nitrogens is 3. The van der Waals surface area contributed by atoms with E-state index in [1.54, 1.807) is 12.3 Å². The number of nitrogens with zero attached hydrogens (tertiary/aromatic N) is 2. The molecule has 7 heteroatoms. The third-order valence-electron chi connectivity index (χ3n) is 4.27. The van der Waals surface area contributed by atoms with Gasteiger partial charge in [0.2, 0.25) is 0 Å². The summed E-state index contributed by atoms with van der Waals surface area (Å²) in [7, 11) is 0. The monoisotopic (exact) mass is 486 g/mol. The molecule has 0 unspecified atom stereocenters. The molecule has 5 nitrogen and oxygen atoms in total. The SMILES string of the molecule is O=C(NCc1cccc(Cn2cnc3ccc(Br)cc32)c1)c1cc(Br)c[nH]1. The van der Waals surface area contributed by atoms with E-state index < -0.39 is 0 Å². The third kappa shape index (κ3) is 4.14. The van der Waals surface area contributed by atoms with E-state index in [-0.39, 0.29) is 5.91 Å². The van der Waals surface area contributed by atoms with Gasteiger partial charge in [0.05, 0.1) is 17.4 Å². The van der Waals surface area contributed by atoms with Crippen molar-refractivity contribution in [2.45, 2.75) is 13.1 Å². The van der Waals surface area contributed by atoms with Gasteiger partial charge in [0.15, 0.2) is 0 Å². The van der Waals surface area contributed by atoms with E-state index in [1.165, 1.54) is 0 Å². The number of amides is 1. The molecule has 0 aliphatic rings. The molecule has 0 aliphatic carbocycles. The largest absolute Gasteiger partial charge is 0.356 e. The van der Waals surface area contributed by atoms with Gasteiger partial charge in [0.1, 0.15) is 5.69 Å². The van der Waals surface area contributed by atoms with Crippen molar-refractivity contribution in [3.8, 4) is 0 Å². The summed E-state index contributed by atoms with van der Waals surface area (Å²) in [4.78, 5) is 19.6. The van der Waals surface area contributed by atoms with Crippen molar-refractivity contribution >= 4 is 48.8 Å². The summed E-state index contributed by atoms with van der Waals surface area (Å²) in [5, 5.41) is 2.94. The van der Waals surface area contributed by atoms with Gasteiger partial charge in [0.25, 0.3) is 5.91 Å². The standard InChI is InChI=1S/C20H16Br2N4O/c21-15-4-5-17-19(8-15)26(12-25-17)11-14-3-1-2-13(6-14)9-24-20(27)18-7-16(22)10-23-18/h1-8,10,12,23H,9,11H2,(H,24,27). The van der Waals surface area contributed by atoms with Crippen LogP contribution in [0.15, 0.2) is 70.0 Å². The minimum absolute atomic E-state index is 0.128. The molecular formula is C20H16Br2N4O. The quantitative estimate of drug-likeness (QED) is 0.422. The summed E-state index contributed by atoms with van der Waals surface area (Å²) in [6.45, 7) is 1.19. The van der Waals surface area contributed by atoms with E-state index in [0.717, 1.165) is 37.7 Å².